The molecule has 1 atom stereocenters. The second kappa shape index (κ2) is 7.04. The lowest BCUT2D eigenvalue weighted by atomic mass is 10.2. The van der Waals surface area contributed by atoms with Crippen molar-refractivity contribution in [3.05, 3.63) is 57.8 Å². The number of ether oxygens (including phenoxy) is 1. The smallest absolute Gasteiger partial charge is 0.416 e. The van der Waals surface area contributed by atoms with Crippen molar-refractivity contribution in [2.75, 3.05) is 6.61 Å². The van der Waals surface area contributed by atoms with Crippen LogP contribution in [0.25, 0.3) is 0 Å². The maximum atomic E-state index is 12.6. The summed E-state index contributed by atoms with van der Waals surface area (Å²) in [5, 5.41) is 9.94. The van der Waals surface area contributed by atoms with Crippen LogP contribution >= 0.6 is 0 Å². The van der Waals surface area contributed by atoms with Gasteiger partial charge in [0.1, 0.15) is 18.5 Å². The number of hydrogen-bond donors (Lipinski definition) is 1. The van der Waals surface area contributed by atoms with Gasteiger partial charge in [-0.2, -0.15) is 13.2 Å². The highest BCUT2D eigenvalue weighted by Crippen LogP contribution is 2.31. The molecule has 0 amide bonds. The lowest BCUT2D eigenvalue weighted by Crippen LogP contribution is -2.31. The molecule has 0 saturated carbocycles. The lowest BCUT2D eigenvalue weighted by Gasteiger charge is -2.15. The molecule has 130 valence electrons. The fourth-order valence-electron chi connectivity index (χ4n) is 2.04. The van der Waals surface area contributed by atoms with E-state index in [9.17, 15) is 23.1 Å². The molecule has 2 aromatic rings. The summed E-state index contributed by atoms with van der Waals surface area (Å²) in [7, 11) is 0. The SMILES string of the molecule is Cc1ncn(C[C@H](O)COc2cccc(C(F)(F)F)c2)c(=O)c1C. The maximum Gasteiger partial charge on any atom is 0.416 e. The standard InChI is InChI=1S/C16H17F3N2O3/c1-10-11(2)20-9-21(15(10)23)7-13(22)8-24-14-5-3-4-12(6-14)16(17,18)19/h3-6,9,13,22H,7-8H2,1-2H3/t13-/m0/s1. The van der Waals surface area contributed by atoms with Gasteiger partial charge in [-0.1, -0.05) is 6.07 Å². The molecule has 0 fully saturated rings. The molecule has 2 rings (SSSR count). The molecule has 5 nitrogen and oxygen atoms in total. The second-order valence-corrected chi connectivity index (χ2v) is 5.40. The highest BCUT2D eigenvalue weighted by atomic mass is 19.4. The Morgan fingerprint density at radius 2 is 2.04 bits per heavy atom. The minimum Gasteiger partial charge on any atom is -0.491 e. The number of rotatable bonds is 5. The zero-order valence-corrected chi connectivity index (χ0v) is 13.2. The van der Waals surface area contributed by atoms with Gasteiger partial charge in [0.15, 0.2) is 0 Å². The van der Waals surface area contributed by atoms with Crippen molar-refractivity contribution in [2.24, 2.45) is 0 Å². The van der Waals surface area contributed by atoms with E-state index >= 15 is 0 Å². The second-order valence-electron chi connectivity index (χ2n) is 5.40. The van der Waals surface area contributed by atoms with Gasteiger partial charge in [0.2, 0.25) is 0 Å². The average molecular weight is 342 g/mol. The summed E-state index contributed by atoms with van der Waals surface area (Å²) in [5.74, 6) is -0.00515. The van der Waals surface area contributed by atoms with Gasteiger partial charge in [0, 0.05) is 11.3 Å². The molecule has 0 unspecified atom stereocenters. The van der Waals surface area contributed by atoms with Crippen LogP contribution < -0.4 is 10.3 Å². The predicted molar refractivity (Wildman–Crippen MR) is 80.9 cm³/mol. The van der Waals surface area contributed by atoms with Gasteiger partial charge < -0.3 is 9.84 Å². The molecule has 1 heterocycles. The highest BCUT2D eigenvalue weighted by Gasteiger charge is 2.30. The molecular weight excluding hydrogens is 325 g/mol. The number of aliphatic hydroxyl groups is 1. The van der Waals surface area contributed by atoms with Gasteiger partial charge in [-0.3, -0.25) is 9.36 Å². The summed E-state index contributed by atoms with van der Waals surface area (Å²) in [5.41, 5.74) is -0.0286. The number of hydrogen-bond acceptors (Lipinski definition) is 4. The first-order valence-corrected chi connectivity index (χ1v) is 7.19. The summed E-state index contributed by atoms with van der Waals surface area (Å²) < 4.78 is 44.3. The topological polar surface area (TPSA) is 64.3 Å². The Bertz CT molecular complexity index is 772. The Balaban J connectivity index is 2.00. The first kappa shape index (κ1) is 18.0. The summed E-state index contributed by atoms with van der Waals surface area (Å²) in [6.07, 6.45) is -4.21. The van der Waals surface area contributed by atoms with Crippen LogP contribution in [0.2, 0.25) is 0 Å². The molecule has 0 radical (unpaired) electrons. The first-order valence-electron chi connectivity index (χ1n) is 7.19. The molecule has 1 N–H and O–H groups in total. The van der Waals surface area contributed by atoms with E-state index in [0.29, 0.717) is 11.3 Å². The van der Waals surface area contributed by atoms with Gasteiger partial charge >= 0.3 is 6.18 Å². The van der Waals surface area contributed by atoms with Crippen LogP contribution in [0.15, 0.2) is 35.4 Å². The van der Waals surface area contributed by atoms with E-state index in [1.807, 2.05) is 0 Å². The number of aromatic nitrogens is 2. The third kappa shape index (κ3) is 4.35. The number of aliphatic hydroxyl groups excluding tert-OH is 1. The van der Waals surface area contributed by atoms with Crippen molar-refractivity contribution < 1.29 is 23.0 Å². The van der Waals surface area contributed by atoms with Crippen molar-refractivity contribution >= 4 is 0 Å². The van der Waals surface area contributed by atoms with Crippen LogP contribution in [0.3, 0.4) is 0 Å². The van der Waals surface area contributed by atoms with Crippen LogP contribution in [0.1, 0.15) is 16.8 Å². The van der Waals surface area contributed by atoms with Gasteiger partial charge in [0.25, 0.3) is 5.56 Å². The highest BCUT2D eigenvalue weighted by molar-refractivity contribution is 5.30. The van der Waals surface area contributed by atoms with Crippen LogP contribution in [0.5, 0.6) is 5.75 Å². The molecule has 1 aromatic carbocycles. The molecule has 1 aromatic heterocycles. The Labute approximate surface area is 136 Å². The summed E-state index contributed by atoms with van der Waals surface area (Å²) >= 11 is 0. The Morgan fingerprint density at radius 1 is 1.33 bits per heavy atom. The average Bonchev–Trinajstić information content (AvgIpc) is 2.53. The summed E-state index contributed by atoms with van der Waals surface area (Å²) in [6, 6.07) is 4.38. The minimum atomic E-state index is -4.46. The van der Waals surface area contributed by atoms with Crippen LogP contribution in [0, 0.1) is 13.8 Å². The molecule has 0 aliphatic rings. The van der Waals surface area contributed by atoms with Crippen molar-refractivity contribution in [1.82, 2.24) is 9.55 Å². The normalized spacial score (nSPS) is 12.9. The number of nitrogens with zero attached hydrogens (tertiary/aromatic N) is 2. The molecule has 0 saturated heterocycles. The van der Waals surface area contributed by atoms with E-state index in [1.165, 1.54) is 23.0 Å². The monoisotopic (exact) mass is 342 g/mol. The van der Waals surface area contributed by atoms with Gasteiger partial charge in [0.05, 0.1) is 18.4 Å². The van der Waals surface area contributed by atoms with Gasteiger partial charge in [-0.15, -0.1) is 0 Å². The molecule has 0 spiro atoms. The largest absolute Gasteiger partial charge is 0.491 e. The van der Waals surface area contributed by atoms with Gasteiger partial charge in [-0.05, 0) is 32.0 Å². The third-order valence-electron chi connectivity index (χ3n) is 3.53. The van der Waals surface area contributed by atoms with Crippen molar-refractivity contribution in [3.8, 4) is 5.75 Å². The Kier molecular flexibility index (Phi) is 5.28. The van der Waals surface area contributed by atoms with E-state index in [4.69, 9.17) is 4.74 Å². The Hall–Kier alpha value is -2.35. The molecule has 0 bridgehead atoms. The van der Waals surface area contributed by atoms with E-state index in [0.717, 1.165) is 12.1 Å². The van der Waals surface area contributed by atoms with E-state index in [2.05, 4.69) is 4.98 Å². The molecule has 0 aliphatic carbocycles. The minimum absolute atomic E-state index is 0.00515. The molecule has 0 aliphatic heterocycles. The zero-order valence-electron chi connectivity index (χ0n) is 13.2. The number of halogens is 3. The van der Waals surface area contributed by atoms with E-state index < -0.39 is 17.8 Å². The predicted octanol–water partition coefficient (Wildman–Crippen LogP) is 2.32. The van der Waals surface area contributed by atoms with Crippen molar-refractivity contribution in [2.45, 2.75) is 32.7 Å². The zero-order chi connectivity index (χ0) is 17.9. The third-order valence-corrected chi connectivity index (χ3v) is 3.53. The summed E-state index contributed by atoms with van der Waals surface area (Å²) in [4.78, 5) is 16.0. The fraction of sp³-hybridized carbons (Fsp3) is 0.375. The fourth-order valence-corrected chi connectivity index (χ4v) is 2.04. The van der Waals surface area contributed by atoms with E-state index in [-0.39, 0.29) is 24.5 Å². The van der Waals surface area contributed by atoms with Crippen LogP contribution in [-0.2, 0) is 12.7 Å². The quantitative estimate of drug-likeness (QED) is 0.906. The summed E-state index contributed by atoms with van der Waals surface area (Å²) in [6.45, 7) is 3.02. The van der Waals surface area contributed by atoms with Gasteiger partial charge in [-0.25, -0.2) is 4.98 Å². The number of aryl methyl sites for hydroxylation is 1. The van der Waals surface area contributed by atoms with E-state index in [1.54, 1.807) is 13.8 Å². The number of alkyl halides is 3. The van der Waals surface area contributed by atoms with Crippen LogP contribution in [0.4, 0.5) is 13.2 Å². The van der Waals surface area contributed by atoms with Crippen molar-refractivity contribution in [3.63, 3.8) is 0 Å². The molecule has 24 heavy (non-hydrogen) atoms. The van der Waals surface area contributed by atoms with Crippen LogP contribution in [-0.4, -0.2) is 27.4 Å². The molecule has 8 heteroatoms. The first-order chi connectivity index (χ1) is 11.2. The Morgan fingerprint density at radius 3 is 2.71 bits per heavy atom. The molecular formula is C16H17F3N2O3. The van der Waals surface area contributed by atoms with Crippen molar-refractivity contribution in [1.29, 1.82) is 0 Å². The maximum absolute atomic E-state index is 12.6. The number of benzene rings is 1. The lowest BCUT2D eigenvalue weighted by molar-refractivity contribution is -0.137.